The van der Waals surface area contributed by atoms with Crippen molar-refractivity contribution in [2.75, 3.05) is 0 Å². The van der Waals surface area contributed by atoms with Gasteiger partial charge in [0.25, 0.3) is 0 Å². The predicted molar refractivity (Wildman–Crippen MR) is 122 cm³/mol. The molecule has 0 spiro atoms. The highest BCUT2D eigenvalue weighted by atomic mass is 15.2. The van der Waals surface area contributed by atoms with Crippen molar-refractivity contribution in [1.29, 1.82) is 0 Å². The molecular weight excluding hydrogens is 352 g/mol. The number of nitrogens with zero attached hydrogens (tertiary/aromatic N) is 2. The van der Waals surface area contributed by atoms with Crippen molar-refractivity contribution in [2.45, 2.75) is 71.6 Å². The molecule has 0 bridgehead atoms. The Balaban J connectivity index is 1.53. The zero-order chi connectivity index (χ0) is 20.1. The van der Waals surface area contributed by atoms with Crippen LogP contribution in [-0.4, -0.2) is 15.5 Å². The molecule has 1 fully saturated rings. The van der Waals surface area contributed by atoms with Crippen molar-refractivity contribution < 1.29 is 0 Å². The van der Waals surface area contributed by atoms with E-state index in [1.807, 2.05) is 0 Å². The third kappa shape index (κ3) is 5.39. The van der Waals surface area contributed by atoms with E-state index in [1.165, 1.54) is 60.1 Å². The Kier molecular flexibility index (Phi) is 6.51. The van der Waals surface area contributed by atoms with Gasteiger partial charge in [-0.25, -0.2) is 0 Å². The molecule has 0 unspecified atom stereocenters. The van der Waals surface area contributed by atoms with Gasteiger partial charge in [0, 0.05) is 37.6 Å². The summed E-state index contributed by atoms with van der Waals surface area (Å²) >= 11 is 0. The largest absolute Gasteiger partial charge is 0.346 e. The summed E-state index contributed by atoms with van der Waals surface area (Å²) in [6, 6.07) is 23.1. The molecule has 0 amide bonds. The van der Waals surface area contributed by atoms with E-state index in [9.17, 15) is 0 Å². The molecule has 0 aliphatic heterocycles. The van der Waals surface area contributed by atoms with Crippen LogP contribution in [0.1, 0.15) is 60.1 Å². The van der Waals surface area contributed by atoms with E-state index in [4.69, 9.17) is 0 Å². The van der Waals surface area contributed by atoms with E-state index < -0.39 is 0 Å². The molecule has 1 aromatic heterocycles. The highest BCUT2D eigenvalue weighted by Gasteiger charge is 2.22. The average molecular weight is 387 g/mol. The van der Waals surface area contributed by atoms with Crippen LogP contribution >= 0.6 is 0 Å². The van der Waals surface area contributed by atoms with Crippen molar-refractivity contribution in [2.24, 2.45) is 0 Å². The van der Waals surface area contributed by atoms with Gasteiger partial charge in [-0.2, -0.15) is 0 Å². The summed E-state index contributed by atoms with van der Waals surface area (Å²) in [5.74, 6) is 0. The first-order valence-electron chi connectivity index (χ1n) is 11.2. The molecule has 2 heteroatoms. The quantitative estimate of drug-likeness (QED) is 0.451. The molecule has 1 aliphatic carbocycles. The Bertz CT molecular complexity index is 918. The SMILES string of the molecule is Cc1cccc(CN(Cc2cccn2Cc2cccc(C)c2)C2CCCCC2)c1. The molecule has 0 saturated heterocycles. The van der Waals surface area contributed by atoms with Crippen molar-refractivity contribution in [3.05, 3.63) is 94.8 Å². The van der Waals surface area contributed by atoms with E-state index >= 15 is 0 Å². The second kappa shape index (κ2) is 9.45. The zero-order valence-corrected chi connectivity index (χ0v) is 18.0. The molecule has 3 aromatic rings. The van der Waals surface area contributed by atoms with Crippen LogP contribution in [0.25, 0.3) is 0 Å². The van der Waals surface area contributed by atoms with Crippen LogP contribution in [-0.2, 0) is 19.6 Å². The molecule has 152 valence electrons. The van der Waals surface area contributed by atoms with Crippen LogP contribution in [0.15, 0.2) is 66.9 Å². The van der Waals surface area contributed by atoms with Crippen LogP contribution in [0.3, 0.4) is 0 Å². The summed E-state index contributed by atoms with van der Waals surface area (Å²) in [7, 11) is 0. The fourth-order valence-corrected chi connectivity index (χ4v) is 4.77. The van der Waals surface area contributed by atoms with E-state index in [2.05, 4.69) is 90.2 Å². The summed E-state index contributed by atoms with van der Waals surface area (Å²) in [6.07, 6.45) is 9.06. The summed E-state index contributed by atoms with van der Waals surface area (Å²) in [5.41, 5.74) is 6.93. The maximum absolute atomic E-state index is 2.73. The summed E-state index contributed by atoms with van der Waals surface area (Å²) in [4.78, 5) is 2.73. The molecule has 29 heavy (non-hydrogen) atoms. The number of hydrogen-bond donors (Lipinski definition) is 0. The van der Waals surface area contributed by atoms with Gasteiger partial charge < -0.3 is 4.57 Å². The number of aryl methyl sites for hydroxylation is 2. The fourth-order valence-electron chi connectivity index (χ4n) is 4.77. The van der Waals surface area contributed by atoms with Gasteiger partial charge in [-0.3, -0.25) is 4.90 Å². The molecule has 0 radical (unpaired) electrons. The average Bonchev–Trinajstić information content (AvgIpc) is 3.15. The normalized spacial score (nSPS) is 15.1. The van der Waals surface area contributed by atoms with Crippen LogP contribution in [0, 0.1) is 13.8 Å². The van der Waals surface area contributed by atoms with Crippen LogP contribution in [0.4, 0.5) is 0 Å². The molecule has 0 atom stereocenters. The summed E-state index contributed by atoms with van der Waals surface area (Å²) in [5, 5.41) is 0. The van der Waals surface area contributed by atoms with Crippen molar-refractivity contribution in [3.63, 3.8) is 0 Å². The predicted octanol–water partition coefficient (Wildman–Crippen LogP) is 6.49. The minimum atomic E-state index is 0.701. The Morgan fingerprint density at radius 1 is 0.793 bits per heavy atom. The topological polar surface area (TPSA) is 8.17 Å². The summed E-state index contributed by atoms with van der Waals surface area (Å²) < 4.78 is 2.43. The smallest absolute Gasteiger partial charge is 0.0473 e. The standard InChI is InChI=1S/C27H34N2/c1-22-9-6-11-24(17-22)19-28-16-8-15-27(28)21-29(26-13-4-3-5-14-26)20-25-12-7-10-23(2)18-25/h6-12,15-18,26H,3-5,13-14,19-21H2,1-2H3. The zero-order valence-electron chi connectivity index (χ0n) is 18.0. The molecule has 2 nitrogen and oxygen atoms in total. The van der Waals surface area contributed by atoms with Gasteiger partial charge in [0.05, 0.1) is 0 Å². The Morgan fingerprint density at radius 2 is 1.48 bits per heavy atom. The number of rotatable bonds is 7. The lowest BCUT2D eigenvalue weighted by molar-refractivity contribution is 0.137. The first-order valence-corrected chi connectivity index (χ1v) is 11.2. The van der Waals surface area contributed by atoms with Gasteiger partial charge in [-0.05, 0) is 49.9 Å². The minimum absolute atomic E-state index is 0.701. The van der Waals surface area contributed by atoms with E-state index in [1.54, 1.807) is 0 Å². The van der Waals surface area contributed by atoms with Crippen molar-refractivity contribution >= 4 is 0 Å². The maximum atomic E-state index is 2.73. The number of aromatic nitrogens is 1. The molecule has 2 aromatic carbocycles. The Labute approximate surface area is 176 Å². The molecular formula is C27H34N2. The van der Waals surface area contributed by atoms with Gasteiger partial charge >= 0.3 is 0 Å². The second-order valence-electron chi connectivity index (χ2n) is 8.80. The lowest BCUT2D eigenvalue weighted by Crippen LogP contribution is -2.36. The monoisotopic (exact) mass is 386 g/mol. The molecule has 1 aliphatic rings. The Morgan fingerprint density at radius 3 is 2.21 bits per heavy atom. The van der Waals surface area contributed by atoms with Crippen molar-refractivity contribution in [1.82, 2.24) is 9.47 Å². The van der Waals surface area contributed by atoms with Crippen molar-refractivity contribution in [3.8, 4) is 0 Å². The van der Waals surface area contributed by atoms with E-state index in [0.29, 0.717) is 6.04 Å². The van der Waals surface area contributed by atoms with Gasteiger partial charge in [-0.1, -0.05) is 78.9 Å². The molecule has 4 rings (SSSR count). The van der Waals surface area contributed by atoms with Gasteiger partial charge in [0.1, 0.15) is 0 Å². The lowest BCUT2D eigenvalue weighted by atomic mass is 9.93. The maximum Gasteiger partial charge on any atom is 0.0473 e. The van der Waals surface area contributed by atoms with Gasteiger partial charge in [0.15, 0.2) is 0 Å². The molecule has 1 heterocycles. The van der Waals surface area contributed by atoms with E-state index in [-0.39, 0.29) is 0 Å². The number of benzene rings is 2. The Hall–Kier alpha value is -2.32. The number of hydrogen-bond acceptors (Lipinski definition) is 1. The van der Waals surface area contributed by atoms with Crippen LogP contribution in [0.2, 0.25) is 0 Å². The van der Waals surface area contributed by atoms with Gasteiger partial charge in [-0.15, -0.1) is 0 Å². The third-order valence-electron chi connectivity index (χ3n) is 6.28. The fraction of sp³-hybridized carbons (Fsp3) is 0.407. The highest BCUT2D eigenvalue weighted by molar-refractivity contribution is 5.24. The molecule has 0 N–H and O–H groups in total. The molecule has 1 saturated carbocycles. The van der Waals surface area contributed by atoms with Gasteiger partial charge in [0.2, 0.25) is 0 Å². The first kappa shape index (κ1) is 20.0. The van der Waals surface area contributed by atoms with Crippen LogP contribution < -0.4 is 0 Å². The summed E-state index contributed by atoms with van der Waals surface area (Å²) in [6.45, 7) is 7.39. The third-order valence-corrected chi connectivity index (χ3v) is 6.28. The highest BCUT2D eigenvalue weighted by Crippen LogP contribution is 2.26. The minimum Gasteiger partial charge on any atom is -0.346 e. The second-order valence-corrected chi connectivity index (χ2v) is 8.80. The van der Waals surface area contributed by atoms with Crippen LogP contribution in [0.5, 0.6) is 0 Å². The first-order chi connectivity index (χ1) is 14.2. The van der Waals surface area contributed by atoms with E-state index in [0.717, 1.165) is 19.6 Å². The lowest BCUT2D eigenvalue weighted by Gasteiger charge is -2.34.